The average Bonchev–Trinajstić information content (AvgIpc) is 2.82. The topological polar surface area (TPSA) is 9.23 Å². The van der Waals surface area contributed by atoms with E-state index in [0.717, 1.165) is 18.4 Å². The van der Waals surface area contributed by atoms with Gasteiger partial charge in [0.1, 0.15) is 5.75 Å². The van der Waals surface area contributed by atoms with E-state index in [4.69, 9.17) is 0 Å². The van der Waals surface area contributed by atoms with Gasteiger partial charge in [-0.25, -0.2) is 0 Å². The van der Waals surface area contributed by atoms with Crippen LogP contribution in [-0.4, -0.2) is 6.36 Å². The van der Waals surface area contributed by atoms with Gasteiger partial charge in [-0.05, 0) is 42.0 Å². The van der Waals surface area contributed by atoms with E-state index in [1.54, 1.807) is 6.07 Å². The first-order valence-corrected chi connectivity index (χ1v) is 4.66. The molecule has 0 spiro atoms. The van der Waals surface area contributed by atoms with E-state index in [1.165, 1.54) is 12.1 Å². The average molecular weight is 215 g/mol. The molecule has 1 radical (unpaired) electrons. The number of benzene rings is 1. The summed E-state index contributed by atoms with van der Waals surface area (Å²) in [6.45, 7) is 2.02. The molecule has 0 N–H and O–H groups in total. The van der Waals surface area contributed by atoms with Crippen molar-refractivity contribution in [1.29, 1.82) is 0 Å². The molecule has 1 aliphatic rings. The molecule has 0 unspecified atom stereocenters. The smallest absolute Gasteiger partial charge is 0.406 e. The van der Waals surface area contributed by atoms with Gasteiger partial charge in [0.2, 0.25) is 0 Å². The van der Waals surface area contributed by atoms with Gasteiger partial charge in [0.25, 0.3) is 0 Å². The summed E-state index contributed by atoms with van der Waals surface area (Å²) >= 11 is 0. The summed E-state index contributed by atoms with van der Waals surface area (Å²) in [5, 5.41) is 0. The van der Waals surface area contributed by atoms with E-state index in [0.29, 0.717) is 0 Å². The van der Waals surface area contributed by atoms with Crippen LogP contribution in [0.3, 0.4) is 0 Å². The molecule has 4 heteroatoms. The molecule has 2 rings (SSSR count). The van der Waals surface area contributed by atoms with Crippen molar-refractivity contribution in [2.75, 3.05) is 0 Å². The lowest BCUT2D eigenvalue weighted by Gasteiger charge is -2.12. The lowest BCUT2D eigenvalue weighted by atomic mass is 9.98. The minimum absolute atomic E-state index is 0.0292. The van der Waals surface area contributed by atoms with Gasteiger partial charge in [0, 0.05) is 0 Å². The van der Waals surface area contributed by atoms with Gasteiger partial charge >= 0.3 is 6.36 Å². The fourth-order valence-electron chi connectivity index (χ4n) is 1.47. The number of halogens is 3. The monoisotopic (exact) mass is 215 g/mol. The van der Waals surface area contributed by atoms with Crippen molar-refractivity contribution in [3.63, 3.8) is 0 Å². The van der Waals surface area contributed by atoms with E-state index in [9.17, 15) is 13.2 Å². The highest BCUT2D eigenvalue weighted by Gasteiger charge is 2.39. The molecule has 15 heavy (non-hydrogen) atoms. The summed E-state index contributed by atoms with van der Waals surface area (Å²) in [7, 11) is 0. The summed E-state index contributed by atoms with van der Waals surface area (Å²) in [6.07, 6.45) is -2.61. The predicted molar refractivity (Wildman–Crippen MR) is 48.5 cm³/mol. The molecule has 0 saturated heterocycles. The first kappa shape index (κ1) is 10.3. The highest BCUT2D eigenvalue weighted by molar-refractivity contribution is 5.36. The third-order valence-electron chi connectivity index (χ3n) is 2.69. The fraction of sp³-hybridized carbons (Fsp3) is 0.455. The van der Waals surface area contributed by atoms with Gasteiger partial charge in [-0.15, -0.1) is 13.2 Å². The van der Waals surface area contributed by atoms with Crippen molar-refractivity contribution in [2.24, 2.45) is 0 Å². The van der Waals surface area contributed by atoms with Gasteiger partial charge in [-0.3, -0.25) is 0 Å². The summed E-state index contributed by atoms with van der Waals surface area (Å²) in [6, 6.07) is 7.03. The third-order valence-corrected chi connectivity index (χ3v) is 2.69. The van der Waals surface area contributed by atoms with Crippen molar-refractivity contribution in [1.82, 2.24) is 0 Å². The van der Waals surface area contributed by atoms with Crippen LogP contribution >= 0.6 is 0 Å². The second-order valence-electron chi connectivity index (χ2n) is 4.07. The first-order chi connectivity index (χ1) is 6.89. The Labute approximate surface area is 85.9 Å². The quantitative estimate of drug-likeness (QED) is 0.734. The number of rotatable bonds is 2. The lowest BCUT2D eigenvalue weighted by Crippen LogP contribution is -2.17. The van der Waals surface area contributed by atoms with E-state index in [2.05, 4.69) is 10.8 Å². The molecule has 0 atom stereocenters. The Bertz CT molecular complexity index is 366. The summed E-state index contributed by atoms with van der Waals surface area (Å²) < 4.78 is 39.7. The normalized spacial score (nSPS) is 18.7. The van der Waals surface area contributed by atoms with Gasteiger partial charge in [-0.2, -0.15) is 0 Å². The van der Waals surface area contributed by atoms with Crippen LogP contribution in [0, 0.1) is 6.07 Å². The van der Waals surface area contributed by atoms with Crippen LogP contribution in [0.4, 0.5) is 13.2 Å². The van der Waals surface area contributed by atoms with Crippen molar-refractivity contribution in [3.8, 4) is 5.75 Å². The molecule has 0 amide bonds. The summed E-state index contributed by atoms with van der Waals surface area (Å²) in [4.78, 5) is 0. The van der Waals surface area contributed by atoms with Crippen LogP contribution in [0.15, 0.2) is 18.2 Å². The van der Waals surface area contributed by atoms with Crippen LogP contribution < -0.4 is 4.74 Å². The Hall–Kier alpha value is -1.19. The third kappa shape index (κ3) is 2.43. The molecule has 1 aromatic carbocycles. The van der Waals surface area contributed by atoms with E-state index < -0.39 is 6.36 Å². The van der Waals surface area contributed by atoms with Crippen LogP contribution in [-0.2, 0) is 5.41 Å². The number of hydrogen-bond acceptors (Lipinski definition) is 1. The SMILES string of the molecule is CC1(c2c[c]cc(OC(F)(F)F)c2)CC1. The highest BCUT2D eigenvalue weighted by Crippen LogP contribution is 2.48. The molecule has 1 aliphatic carbocycles. The second kappa shape index (κ2) is 3.15. The molecular formula is C11H10F3O. The van der Waals surface area contributed by atoms with Crippen LogP contribution in [0.1, 0.15) is 25.3 Å². The molecule has 0 aliphatic heterocycles. The standard InChI is InChI=1S/C11H10F3O/c1-10(5-6-10)8-3-2-4-9(7-8)15-11(12,13)14/h3-4,7H,5-6H2,1H3. The number of alkyl halides is 3. The zero-order valence-electron chi connectivity index (χ0n) is 8.19. The Morgan fingerprint density at radius 1 is 1.33 bits per heavy atom. The predicted octanol–water partition coefficient (Wildman–Crippen LogP) is 3.44. The number of ether oxygens (including phenoxy) is 1. The molecular weight excluding hydrogens is 205 g/mol. The van der Waals surface area contributed by atoms with Crippen LogP contribution in [0.25, 0.3) is 0 Å². The Balaban J connectivity index is 2.20. The minimum Gasteiger partial charge on any atom is -0.406 e. The van der Waals surface area contributed by atoms with E-state index in [1.807, 2.05) is 6.92 Å². The second-order valence-corrected chi connectivity index (χ2v) is 4.07. The van der Waals surface area contributed by atoms with Crippen LogP contribution in [0.5, 0.6) is 5.75 Å². The zero-order chi connectivity index (χ0) is 11.1. The van der Waals surface area contributed by atoms with Crippen molar-refractivity contribution >= 4 is 0 Å². The van der Waals surface area contributed by atoms with Gasteiger partial charge in [0.05, 0.1) is 0 Å². The van der Waals surface area contributed by atoms with Crippen LogP contribution in [0.2, 0.25) is 0 Å². The molecule has 0 aromatic heterocycles. The van der Waals surface area contributed by atoms with Crippen molar-refractivity contribution in [2.45, 2.75) is 31.5 Å². The molecule has 1 fully saturated rings. The van der Waals surface area contributed by atoms with Gasteiger partial charge in [0.15, 0.2) is 0 Å². The summed E-state index contributed by atoms with van der Waals surface area (Å²) in [5.74, 6) is -0.187. The van der Waals surface area contributed by atoms with Crippen molar-refractivity contribution < 1.29 is 17.9 Å². The largest absolute Gasteiger partial charge is 0.573 e. The summed E-state index contributed by atoms with van der Waals surface area (Å²) in [5.41, 5.74) is 0.894. The Kier molecular flexibility index (Phi) is 2.17. The Morgan fingerprint density at radius 3 is 2.53 bits per heavy atom. The molecule has 1 nitrogen and oxygen atoms in total. The molecule has 81 valence electrons. The molecule has 1 aromatic rings. The molecule has 0 bridgehead atoms. The van der Waals surface area contributed by atoms with Gasteiger partial charge < -0.3 is 4.74 Å². The Morgan fingerprint density at radius 2 is 2.00 bits per heavy atom. The highest BCUT2D eigenvalue weighted by atomic mass is 19.4. The van der Waals surface area contributed by atoms with Crippen molar-refractivity contribution in [3.05, 3.63) is 29.8 Å². The molecule has 1 saturated carbocycles. The fourth-order valence-corrected chi connectivity index (χ4v) is 1.47. The van der Waals surface area contributed by atoms with Gasteiger partial charge in [-0.1, -0.05) is 13.0 Å². The maximum Gasteiger partial charge on any atom is 0.573 e. The zero-order valence-corrected chi connectivity index (χ0v) is 8.19. The van der Waals surface area contributed by atoms with E-state index >= 15 is 0 Å². The number of hydrogen-bond donors (Lipinski definition) is 0. The lowest BCUT2D eigenvalue weighted by molar-refractivity contribution is -0.274. The van der Waals surface area contributed by atoms with E-state index in [-0.39, 0.29) is 11.2 Å². The maximum absolute atomic E-state index is 11.9. The molecule has 0 heterocycles. The maximum atomic E-state index is 11.9. The first-order valence-electron chi connectivity index (χ1n) is 4.66. The minimum atomic E-state index is -4.63.